The number of halogens is 5. The van der Waals surface area contributed by atoms with Crippen LogP contribution < -0.4 is 4.74 Å². The molecule has 0 unspecified atom stereocenters. The third kappa shape index (κ3) is 3.00. The topological polar surface area (TPSA) is 61.8 Å². The largest absolute Gasteiger partial charge is 0.508 e. The molecule has 0 bridgehead atoms. The number of carbonyl (C=O) groups excluding carboxylic acids is 2. The van der Waals surface area contributed by atoms with Crippen LogP contribution in [0.3, 0.4) is 0 Å². The quantitative estimate of drug-likeness (QED) is 0.273. The standard InChI is InChI=1S/C14H11F5O5/c1-2-3-14(4-22-13(21)23-5-14)12(20)24-11-9(18)7(16)6(15)8(17)10(11)19/h2-5H2,1H3. The summed E-state index contributed by atoms with van der Waals surface area (Å²) in [5.74, 6) is -14.5. The smallest absolute Gasteiger partial charge is 0.433 e. The summed E-state index contributed by atoms with van der Waals surface area (Å²) in [4.78, 5) is 23.1. The molecule has 0 spiro atoms. The molecule has 0 atom stereocenters. The van der Waals surface area contributed by atoms with Gasteiger partial charge in [0.15, 0.2) is 0 Å². The van der Waals surface area contributed by atoms with E-state index in [4.69, 9.17) is 0 Å². The Labute approximate surface area is 132 Å². The van der Waals surface area contributed by atoms with E-state index in [9.17, 15) is 31.5 Å². The van der Waals surface area contributed by atoms with Crippen LogP contribution in [0.4, 0.5) is 26.7 Å². The molecule has 5 nitrogen and oxygen atoms in total. The third-order valence-electron chi connectivity index (χ3n) is 3.46. The first-order chi connectivity index (χ1) is 11.2. The molecule has 1 aromatic rings. The van der Waals surface area contributed by atoms with E-state index in [1.165, 1.54) is 0 Å². The maximum absolute atomic E-state index is 13.6. The average Bonchev–Trinajstić information content (AvgIpc) is 2.57. The molecular formula is C14H11F5O5. The Morgan fingerprint density at radius 3 is 1.92 bits per heavy atom. The predicted molar refractivity (Wildman–Crippen MR) is 66.5 cm³/mol. The van der Waals surface area contributed by atoms with Gasteiger partial charge < -0.3 is 14.2 Å². The second-order valence-corrected chi connectivity index (χ2v) is 5.15. The number of hydrogen-bond donors (Lipinski definition) is 0. The van der Waals surface area contributed by atoms with Gasteiger partial charge in [0.25, 0.3) is 0 Å². The SMILES string of the molecule is CCCC1(C(=O)Oc2c(F)c(F)c(F)c(F)c2F)COC(=O)OC1. The maximum atomic E-state index is 13.6. The van der Waals surface area contributed by atoms with Gasteiger partial charge in [-0.1, -0.05) is 13.3 Å². The Kier molecular flexibility index (Phi) is 4.95. The van der Waals surface area contributed by atoms with E-state index >= 15 is 0 Å². The summed E-state index contributed by atoms with van der Waals surface area (Å²) in [7, 11) is 0. The third-order valence-corrected chi connectivity index (χ3v) is 3.46. The molecule has 0 radical (unpaired) electrons. The van der Waals surface area contributed by atoms with Crippen molar-refractivity contribution in [2.24, 2.45) is 5.41 Å². The molecule has 1 fully saturated rings. The molecule has 0 amide bonds. The summed E-state index contributed by atoms with van der Waals surface area (Å²) in [6, 6.07) is 0. The second kappa shape index (κ2) is 6.62. The minimum absolute atomic E-state index is 0.0362. The van der Waals surface area contributed by atoms with Gasteiger partial charge in [-0.25, -0.2) is 18.0 Å². The van der Waals surface area contributed by atoms with Crippen LogP contribution in [0, 0.1) is 34.5 Å². The van der Waals surface area contributed by atoms with Gasteiger partial charge in [-0.15, -0.1) is 0 Å². The van der Waals surface area contributed by atoms with E-state index in [1.54, 1.807) is 6.92 Å². The average molecular weight is 354 g/mol. The molecule has 1 heterocycles. The first kappa shape index (κ1) is 18.0. The zero-order valence-corrected chi connectivity index (χ0v) is 12.3. The summed E-state index contributed by atoms with van der Waals surface area (Å²) in [5, 5.41) is 0. The van der Waals surface area contributed by atoms with Crippen molar-refractivity contribution < 1.29 is 45.8 Å². The highest BCUT2D eigenvalue weighted by molar-refractivity contribution is 5.81. The maximum Gasteiger partial charge on any atom is 0.508 e. The van der Waals surface area contributed by atoms with Gasteiger partial charge in [0.05, 0.1) is 0 Å². The fourth-order valence-electron chi connectivity index (χ4n) is 2.20. The normalized spacial score (nSPS) is 16.3. The highest BCUT2D eigenvalue weighted by atomic mass is 19.2. The fraction of sp³-hybridized carbons (Fsp3) is 0.429. The summed E-state index contributed by atoms with van der Waals surface area (Å²) in [5.41, 5.74) is -1.61. The lowest BCUT2D eigenvalue weighted by Crippen LogP contribution is -2.47. The monoisotopic (exact) mass is 354 g/mol. The van der Waals surface area contributed by atoms with Gasteiger partial charge in [-0.05, 0) is 6.42 Å². The van der Waals surface area contributed by atoms with Crippen molar-refractivity contribution >= 4 is 12.1 Å². The molecule has 0 saturated carbocycles. The molecule has 0 N–H and O–H groups in total. The Morgan fingerprint density at radius 1 is 1.00 bits per heavy atom. The van der Waals surface area contributed by atoms with Crippen LogP contribution in [0.1, 0.15) is 19.8 Å². The molecule has 132 valence electrons. The summed E-state index contributed by atoms with van der Waals surface area (Å²) < 4.78 is 80.0. The van der Waals surface area contributed by atoms with Crippen LogP contribution in [0.5, 0.6) is 5.75 Å². The second-order valence-electron chi connectivity index (χ2n) is 5.15. The van der Waals surface area contributed by atoms with Crippen LogP contribution in [0.25, 0.3) is 0 Å². The number of ether oxygens (including phenoxy) is 3. The molecule has 24 heavy (non-hydrogen) atoms. The van der Waals surface area contributed by atoms with Crippen LogP contribution in [-0.4, -0.2) is 25.3 Å². The summed E-state index contributed by atoms with van der Waals surface area (Å²) in [6.45, 7) is 0.645. The number of rotatable bonds is 4. The zero-order valence-electron chi connectivity index (χ0n) is 12.3. The Hall–Kier alpha value is -2.39. The molecule has 1 aromatic carbocycles. The number of esters is 1. The van der Waals surface area contributed by atoms with E-state index in [1.807, 2.05) is 0 Å². The highest BCUT2D eigenvalue weighted by Crippen LogP contribution is 2.34. The lowest BCUT2D eigenvalue weighted by Gasteiger charge is -2.33. The van der Waals surface area contributed by atoms with Crippen LogP contribution in [0.2, 0.25) is 0 Å². The van der Waals surface area contributed by atoms with E-state index < -0.39 is 65.6 Å². The zero-order chi connectivity index (χ0) is 18.1. The van der Waals surface area contributed by atoms with Gasteiger partial charge in [-0.3, -0.25) is 4.79 Å². The number of hydrogen-bond acceptors (Lipinski definition) is 5. The molecular weight excluding hydrogens is 343 g/mol. The van der Waals surface area contributed by atoms with Gasteiger partial charge in [0.2, 0.25) is 34.8 Å². The van der Waals surface area contributed by atoms with Crippen molar-refractivity contribution in [2.75, 3.05) is 13.2 Å². The molecule has 1 saturated heterocycles. The molecule has 0 aromatic heterocycles. The minimum atomic E-state index is -2.37. The van der Waals surface area contributed by atoms with E-state index in [0.717, 1.165) is 0 Å². The van der Waals surface area contributed by atoms with Crippen LogP contribution in [0.15, 0.2) is 0 Å². The van der Waals surface area contributed by atoms with Crippen molar-refractivity contribution in [2.45, 2.75) is 19.8 Å². The van der Waals surface area contributed by atoms with Crippen LogP contribution >= 0.6 is 0 Å². The predicted octanol–water partition coefficient (Wildman–Crippen LogP) is 3.24. The van der Waals surface area contributed by atoms with Gasteiger partial charge in [-0.2, -0.15) is 8.78 Å². The summed E-state index contributed by atoms with van der Waals surface area (Å²) in [6.07, 6.45) is -0.646. The van der Waals surface area contributed by atoms with Gasteiger partial charge in [0, 0.05) is 0 Å². The van der Waals surface area contributed by atoms with E-state index in [2.05, 4.69) is 14.2 Å². The van der Waals surface area contributed by atoms with Crippen molar-refractivity contribution in [1.82, 2.24) is 0 Å². The summed E-state index contributed by atoms with van der Waals surface area (Å²) >= 11 is 0. The van der Waals surface area contributed by atoms with Crippen LogP contribution in [-0.2, 0) is 14.3 Å². The first-order valence-electron chi connectivity index (χ1n) is 6.76. The molecule has 2 rings (SSSR count). The van der Waals surface area contributed by atoms with Crippen molar-refractivity contribution in [3.05, 3.63) is 29.1 Å². The highest BCUT2D eigenvalue weighted by Gasteiger charge is 2.46. The van der Waals surface area contributed by atoms with Crippen molar-refractivity contribution in [3.63, 3.8) is 0 Å². The first-order valence-corrected chi connectivity index (χ1v) is 6.76. The Bertz CT molecular complexity index is 652. The molecule has 1 aliphatic rings. The molecule has 10 heteroatoms. The lowest BCUT2D eigenvalue weighted by molar-refractivity contribution is -0.159. The molecule has 1 aliphatic heterocycles. The van der Waals surface area contributed by atoms with E-state index in [-0.39, 0.29) is 6.42 Å². The Balaban J connectivity index is 2.36. The Morgan fingerprint density at radius 2 is 1.46 bits per heavy atom. The molecule has 0 aliphatic carbocycles. The van der Waals surface area contributed by atoms with Gasteiger partial charge in [0.1, 0.15) is 18.6 Å². The number of benzene rings is 1. The van der Waals surface area contributed by atoms with E-state index in [0.29, 0.717) is 6.42 Å². The number of cyclic esters (lactones) is 2. The fourth-order valence-corrected chi connectivity index (χ4v) is 2.20. The lowest BCUT2D eigenvalue weighted by atomic mass is 9.84. The van der Waals surface area contributed by atoms with Crippen molar-refractivity contribution in [1.29, 1.82) is 0 Å². The minimum Gasteiger partial charge on any atom is -0.433 e. The van der Waals surface area contributed by atoms with Crippen molar-refractivity contribution in [3.8, 4) is 5.75 Å². The number of carbonyl (C=O) groups is 2. The van der Waals surface area contributed by atoms with Gasteiger partial charge >= 0.3 is 12.1 Å².